The molecule has 1 aromatic rings. The van der Waals surface area contributed by atoms with Crippen LogP contribution in [0.2, 0.25) is 0 Å². The summed E-state index contributed by atoms with van der Waals surface area (Å²) in [6.07, 6.45) is 2.48. The van der Waals surface area contributed by atoms with Crippen molar-refractivity contribution in [1.82, 2.24) is 5.32 Å². The lowest BCUT2D eigenvalue weighted by Crippen LogP contribution is -2.30. The molecule has 116 valence electrons. The lowest BCUT2D eigenvalue weighted by molar-refractivity contribution is -0.385. The molecule has 21 heavy (non-hydrogen) atoms. The van der Waals surface area contributed by atoms with Crippen molar-refractivity contribution in [3.05, 3.63) is 33.9 Å². The molecule has 0 aromatic heterocycles. The predicted molar refractivity (Wildman–Crippen MR) is 83.9 cm³/mol. The second-order valence-electron chi connectivity index (χ2n) is 5.20. The molecule has 1 aromatic carbocycles. The van der Waals surface area contributed by atoms with Crippen LogP contribution in [-0.2, 0) is 4.79 Å². The maximum absolute atomic E-state index is 11.9. The fourth-order valence-corrected chi connectivity index (χ4v) is 2.44. The molecule has 7 heteroatoms. The van der Waals surface area contributed by atoms with Crippen molar-refractivity contribution in [2.24, 2.45) is 5.92 Å². The molecule has 1 amide bonds. The lowest BCUT2D eigenvalue weighted by Gasteiger charge is -2.21. The van der Waals surface area contributed by atoms with Crippen LogP contribution in [-0.4, -0.2) is 23.9 Å². The Morgan fingerprint density at radius 1 is 1.43 bits per heavy atom. The highest BCUT2D eigenvalue weighted by molar-refractivity contribution is 5.91. The Morgan fingerprint density at radius 2 is 2.10 bits per heavy atom. The van der Waals surface area contributed by atoms with Crippen LogP contribution in [0.5, 0.6) is 0 Å². The maximum atomic E-state index is 11.9. The molecule has 0 saturated carbocycles. The third-order valence-electron chi connectivity index (χ3n) is 3.62. The van der Waals surface area contributed by atoms with Gasteiger partial charge >= 0.3 is 0 Å². The van der Waals surface area contributed by atoms with Gasteiger partial charge in [0.05, 0.1) is 4.92 Å². The minimum atomic E-state index is -0.433. The molecule has 0 atom stereocenters. The normalized spacial score (nSPS) is 15.1. The van der Waals surface area contributed by atoms with Crippen molar-refractivity contribution in [2.45, 2.75) is 26.2 Å². The number of nitrogens with one attached hydrogen (secondary N) is 2. The SMILES string of the molecule is Cc1ccc(NC(=O)CC2CCNCC2)cc1[N+](=O)[O-].Cl. The fraction of sp³-hybridized carbons (Fsp3) is 0.500. The Bertz CT molecular complexity index is 516. The van der Waals surface area contributed by atoms with Gasteiger partial charge in [-0.2, -0.15) is 0 Å². The second kappa shape index (κ2) is 7.95. The van der Waals surface area contributed by atoms with E-state index in [2.05, 4.69) is 10.6 Å². The number of hydrogen-bond donors (Lipinski definition) is 2. The number of hydrogen-bond acceptors (Lipinski definition) is 4. The van der Waals surface area contributed by atoms with E-state index >= 15 is 0 Å². The van der Waals surface area contributed by atoms with Crippen molar-refractivity contribution in [3.8, 4) is 0 Å². The first-order valence-corrected chi connectivity index (χ1v) is 6.82. The van der Waals surface area contributed by atoms with Gasteiger partial charge in [0, 0.05) is 23.7 Å². The second-order valence-corrected chi connectivity index (χ2v) is 5.20. The first kappa shape index (κ1) is 17.4. The average Bonchev–Trinajstić information content (AvgIpc) is 2.41. The van der Waals surface area contributed by atoms with Crippen LogP contribution in [0.1, 0.15) is 24.8 Å². The monoisotopic (exact) mass is 313 g/mol. The van der Waals surface area contributed by atoms with Gasteiger partial charge in [-0.25, -0.2) is 0 Å². The molecule has 1 aliphatic heterocycles. The number of carbonyl (C=O) groups is 1. The molecule has 1 fully saturated rings. The van der Waals surface area contributed by atoms with Crippen molar-refractivity contribution in [1.29, 1.82) is 0 Å². The van der Waals surface area contributed by atoms with Gasteiger partial charge in [-0.1, -0.05) is 6.07 Å². The van der Waals surface area contributed by atoms with Gasteiger partial charge in [0.2, 0.25) is 5.91 Å². The van der Waals surface area contributed by atoms with Crippen LogP contribution in [0, 0.1) is 23.0 Å². The van der Waals surface area contributed by atoms with E-state index in [9.17, 15) is 14.9 Å². The number of nitrogens with zero attached hydrogens (tertiary/aromatic N) is 1. The summed E-state index contributed by atoms with van der Waals surface area (Å²) < 4.78 is 0. The molecular weight excluding hydrogens is 294 g/mol. The molecule has 0 bridgehead atoms. The van der Waals surface area contributed by atoms with Crippen LogP contribution in [0.15, 0.2) is 18.2 Å². The third kappa shape index (κ3) is 4.99. The van der Waals surface area contributed by atoms with Crippen molar-refractivity contribution >= 4 is 29.7 Å². The van der Waals surface area contributed by atoms with Gasteiger partial charge in [-0.3, -0.25) is 14.9 Å². The van der Waals surface area contributed by atoms with E-state index in [1.54, 1.807) is 19.1 Å². The Hall–Kier alpha value is -1.66. The fourth-order valence-electron chi connectivity index (χ4n) is 2.44. The minimum absolute atomic E-state index is 0. The van der Waals surface area contributed by atoms with Gasteiger partial charge in [-0.05, 0) is 44.8 Å². The van der Waals surface area contributed by atoms with Gasteiger partial charge in [0.25, 0.3) is 5.69 Å². The van der Waals surface area contributed by atoms with Crippen LogP contribution in [0.3, 0.4) is 0 Å². The molecule has 1 aliphatic rings. The van der Waals surface area contributed by atoms with Crippen LogP contribution in [0.25, 0.3) is 0 Å². The van der Waals surface area contributed by atoms with Gasteiger partial charge in [-0.15, -0.1) is 12.4 Å². The Kier molecular flexibility index (Phi) is 6.58. The number of aryl methyl sites for hydroxylation is 1. The predicted octanol–water partition coefficient (Wildman–Crippen LogP) is 2.65. The topological polar surface area (TPSA) is 84.3 Å². The molecule has 6 nitrogen and oxygen atoms in total. The number of nitro groups is 1. The van der Waals surface area contributed by atoms with E-state index in [1.807, 2.05) is 0 Å². The molecule has 1 heterocycles. The molecule has 2 N–H and O–H groups in total. The molecule has 0 unspecified atom stereocenters. The molecule has 0 radical (unpaired) electrons. The summed E-state index contributed by atoms with van der Waals surface area (Å²) in [4.78, 5) is 22.4. The van der Waals surface area contributed by atoms with E-state index < -0.39 is 4.92 Å². The highest BCUT2D eigenvalue weighted by Crippen LogP contribution is 2.23. The number of carbonyl (C=O) groups excluding carboxylic acids is 1. The summed E-state index contributed by atoms with van der Waals surface area (Å²) in [5.74, 6) is 0.326. The largest absolute Gasteiger partial charge is 0.326 e. The Labute approximate surface area is 129 Å². The third-order valence-corrected chi connectivity index (χ3v) is 3.62. The van der Waals surface area contributed by atoms with Gasteiger partial charge < -0.3 is 10.6 Å². The number of benzene rings is 1. The number of halogens is 1. The quantitative estimate of drug-likeness (QED) is 0.661. The Balaban J connectivity index is 0.00000220. The molecule has 1 saturated heterocycles. The number of amides is 1. The smallest absolute Gasteiger partial charge is 0.274 e. The molecular formula is C14H20ClN3O3. The van der Waals surface area contributed by atoms with E-state index in [0.717, 1.165) is 25.9 Å². The van der Waals surface area contributed by atoms with Crippen molar-refractivity contribution < 1.29 is 9.72 Å². The van der Waals surface area contributed by atoms with Gasteiger partial charge in [0.1, 0.15) is 0 Å². The highest BCUT2D eigenvalue weighted by Gasteiger charge is 2.18. The Morgan fingerprint density at radius 3 is 2.71 bits per heavy atom. The van der Waals surface area contributed by atoms with Gasteiger partial charge in [0.15, 0.2) is 0 Å². The standard InChI is InChI=1S/C14H19N3O3.ClH/c1-10-2-3-12(9-13(10)17(19)20)16-14(18)8-11-4-6-15-7-5-11;/h2-3,9,11,15H,4-8H2,1H3,(H,16,18);1H. The molecule has 2 rings (SSSR count). The van der Waals surface area contributed by atoms with Crippen molar-refractivity contribution in [3.63, 3.8) is 0 Å². The van der Waals surface area contributed by atoms with Crippen molar-refractivity contribution in [2.75, 3.05) is 18.4 Å². The number of anilines is 1. The van der Waals surface area contributed by atoms with Crippen LogP contribution >= 0.6 is 12.4 Å². The van der Waals surface area contributed by atoms with E-state index in [0.29, 0.717) is 23.6 Å². The zero-order valence-electron chi connectivity index (χ0n) is 11.9. The summed E-state index contributed by atoms with van der Waals surface area (Å²) in [5, 5.41) is 16.9. The summed E-state index contributed by atoms with van der Waals surface area (Å²) >= 11 is 0. The summed E-state index contributed by atoms with van der Waals surface area (Å²) in [7, 11) is 0. The number of nitro benzene ring substituents is 1. The summed E-state index contributed by atoms with van der Waals surface area (Å²) in [6, 6.07) is 4.76. The van der Waals surface area contributed by atoms with E-state index in [1.165, 1.54) is 6.07 Å². The first-order valence-electron chi connectivity index (χ1n) is 6.82. The summed E-state index contributed by atoms with van der Waals surface area (Å²) in [5.41, 5.74) is 1.11. The summed E-state index contributed by atoms with van der Waals surface area (Å²) in [6.45, 7) is 3.58. The maximum Gasteiger partial charge on any atom is 0.274 e. The lowest BCUT2D eigenvalue weighted by atomic mass is 9.94. The highest BCUT2D eigenvalue weighted by atomic mass is 35.5. The number of rotatable bonds is 4. The number of piperidine rings is 1. The first-order chi connectivity index (χ1) is 9.56. The zero-order valence-corrected chi connectivity index (χ0v) is 12.7. The van der Waals surface area contributed by atoms with Crippen LogP contribution < -0.4 is 10.6 Å². The van der Waals surface area contributed by atoms with E-state index in [4.69, 9.17) is 0 Å². The molecule has 0 aliphatic carbocycles. The average molecular weight is 314 g/mol. The van der Waals surface area contributed by atoms with Crippen LogP contribution in [0.4, 0.5) is 11.4 Å². The van der Waals surface area contributed by atoms with E-state index in [-0.39, 0.29) is 24.0 Å². The molecule has 0 spiro atoms. The minimum Gasteiger partial charge on any atom is -0.326 e. The zero-order chi connectivity index (χ0) is 14.5.